The molecule has 0 spiro atoms. The first-order valence-corrected chi connectivity index (χ1v) is 15.9. The number of aryl methyl sites for hydroxylation is 1. The van der Waals surface area contributed by atoms with Gasteiger partial charge in [0.05, 0.1) is 12.7 Å². The Labute approximate surface area is 273 Å². The van der Waals surface area contributed by atoms with Crippen molar-refractivity contribution in [3.63, 3.8) is 0 Å². The quantitative estimate of drug-likeness (QED) is 0.133. The zero-order chi connectivity index (χ0) is 32.8. The Bertz CT molecular complexity index is 2010. The smallest absolute Gasteiger partial charge is 0.345 e. The molecule has 1 unspecified atom stereocenters. The molecule has 0 aliphatic carbocycles. The van der Waals surface area contributed by atoms with E-state index in [0.717, 1.165) is 51.3 Å². The Hall–Kier alpha value is -5.56. The second-order valence-corrected chi connectivity index (χ2v) is 11.5. The Balaban J connectivity index is 1.31. The molecule has 1 heterocycles. The lowest BCUT2D eigenvalue weighted by atomic mass is 9.95. The molecule has 238 valence electrons. The third-order valence-corrected chi connectivity index (χ3v) is 8.34. The van der Waals surface area contributed by atoms with E-state index in [4.69, 9.17) is 13.9 Å². The summed E-state index contributed by atoms with van der Waals surface area (Å²) >= 11 is 0. The number of hydrogen-bond donors (Lipinski definition) is 2. The van der Waals surface area contributed by atoms with Crippen molar-refractivity contribution in [3.05, 3.63) is 132 Å². The first-order chi connectivity index (χ1) is 22.9. The van der Waals surface area contributed by atoms with Crippen LogP contribution in [-0.4, -0.2) is 30.2 Å². The van der Waals surface area contributed by atoms with Gasteiger partial charge in [-0.15, -0.1) is 0 Å². The summed E-state index contributed by atoms with van der Waals surface area (Å²) in [6.45, 7) is 2.45. The average molecular weight is 628 g/mol. The molecule has 0 radical (unpaired) electrons. The number of carboxylic acid groups (broad SMARTS) is 1. The minimum atomic E-state index is -1.08. The molecule has 0 saturated carbocycles. The van der Waals surface area contributed by atoms with E-state index in [-0.39, 0.29) is 12.3 Å². The van der Waals surface area contributed by atoms with Gasteiger partial charge in [0.2, 0.25) is 0 Å². The summed E-state index contributed by atoms with van der Waals surface area (Å²) in [5.74, 6) is 0.697. The molecule has 0 aliphatic rings. The van der Waals surface area contributed by atoms with Crippen LogP contribution in [0.4, 0.5) is 0 Å². The predicted octanol–water partition coefficient (Wildman–Crippen LogP) is 8.61. The Morgan fingerprint density at radius 2 is 1.62 bits per heavy atom. The second kappa shape index (κ2) is 14.3. The first-order valence-electron chi connectivity index (χ1n) is 15.9. The highest BCUT2D eigenvalue weighted by atomic mass is 16.5. The van der Waals surface area contributed by atoms with E-state index < -0.39 is 12.1 Å². The number of carbonyl (C=O) groups excluding carboxylic acids is 1. The van der Waals surface area contributed by atoms with Gasteiger partial charge >= 0.3 is 5.97 Å². The summed E-state index contributed by atoms with van der Waals surface area (Å²) in [7, 11) is 1.61. The normalized spacial score (nSPS) is 11.8. The number of aliphatic carboxylic acids is 1. The minimum absolute atomic E-state index is 0.165. The van der Waals surface area contributed by atoms with Crippen molar-refractivity contribution in [3.8, 4) is 22.6 Å². The van der Waals surface area contributed by atoms with Crippen molar-refractivity contribution in [2.45, 2.75) is 45.3 Å². The summed E-state index contributed by atoms with van der Waals surface area (Å²) in [4.78, 5) is 25.8. The fraction of sp³-hybridized carbons (Fsp3) is 0.200. The third kappa shape index (κ3) is 6.99. The van der Waals surface area contributed by atoms with Crippen LogP contribution in [0.25, 0.3) is 32.9 Å². The van der Waals surface area contributed by atoms with Crippen LogP contribution in [0.1, 0.15) is 47.0 Å². The molecule has 0 bridgehead atoms. The van der Waals surface area contributed by atoms with Crippen molar-refractivity contribution < 1.29 is 28.6 Å². The molecular formula is C40H37NO6. The Kier molecular flexibility index (Phi) is 9.53. The molecule has 0 saturated heterocycles. The first kappa shape index (κ1) is 31.4. The van der Waals surface area contributed by atoms with Gasteiger partial charge in [0.15, 0.2) is 6.10 Å². The largest absolute Gasteiger partial charge is 0.497 e. The molecule has 1 atom stereocenters. The second-order valence-electron chi connectivity index (χ2n) is 11.5. The van der Waals surface area contributed by atoms with E-state index in [0.29, 0.717) is 41.4 Å². The Morgan fingerprint density at radius 1 is 0.851 bits per heavy atom. The van der Waals surface area contributed by atoms with E-state index in [9.17, 15) is 14.7 Å². The number of carbonyl (C=O) groups is 2. The van der Waals surface area contributed by atoms with Crippen molar-refractivity contribution in [2.24, 2.45) is 0 Å². The summed E-state index contributed by atoms with van der Waals surface area (Å²) in [5.41, 5.74) is 4.76. The van der Waals surface area contributed by atoms with Gasteiger partial charge in [0.1, 0.15) is 22.8 Å². The molecule has 47 heavy (non-hydrogen) atoms. The van der Waals surface area contributed by atoms with Crippen LogP contribution in [0.3, 0.4) is 0 Å². The van der Waals surface area contributed by atoms with E-state index in [1.807, 2.05) is 109 Å². The number of rotatable bonds is 13. The fourth-order valence-electron chi connectivity index (χ4n) is 5.91. The molecule has 6 aromatic rings. The average Bonchev–Trinajstić information content (AvgIpc) is 3.48. The molecule has 6 rings (SSSR count). The summed E-state index contributed by atoms with van der Waals surface area (Å²) in [6, 6.07) is 34.5. The molecule has 7 heteroatoms. The van der Waals surface area contributed by atoms with Gasteiger partial charge in [-0.3, -0.25) is 4.79 Å². The van der Waals surface area contributed by atoms with Crippen LogP contribution in [0, 0.1) is 0 Å². The molecular weight excluding hydrogens is 590 g/mol. The van der Waals surface area contributed by atoms with Gasteiger partial charge in [-0.25, -0.2) is 4.79 Å². The van der Waals surface area contributed by atoms with Crippen molar-refractivity contribution >= 4 is 33.6 Å². The lowest BCUT2D eigenvalue weighted by Crippen LogP contribution is -2.29. The van der Waals surface area contributed by atoms with Crippen molar-refractivity contribution in [1.82, 2.24) is 5.32 Å². The monoisotopic (exact) mass is 627 g/mol. The van der Waals surface area contributed by atoms with Gasteiger partial charge in [-0.1, -0.05) is 92.2 Å². The minimum Gasteiger partial charge on any atom is -0.497 e. The Morgan fingerprint density at radius 3 is 2.36 bits per heavy atom. The van der Waals surface area contributed by atoms with E-state index >= 15 is 0 Å². The SMILES string of the molecule is CCCCc1oc2ccccc2c1C(=O)NCc1ccc2c(-c3ccc(OC)cc3)c(OC(Cc3ccccc3)C(=O)O)ccc2c1. The highest BCUT2D eigenvalue weighted by molar-refractivity contribution is 6.07. The van der Waals surface area contributed by atoms with Crippen LogP contribution in [0.5, 0.6) is 11.5 Å². The van der Waals surface area contributed by atoms with Crippen LogP contribution in [-0.2, 0) is 24.2 Å². The van der Waals surface area contributed by atoms with E-state index in [1.54, 1.807) is 7.11 Å². The van der Waals surface area contributed by atoms with Crippen LogP contribution < -0.4 is 14.8 Å². The highest BCUT2D eigenvalue weighted by Crippen LogP contribution is 2.39. The number of fused-ring (bicyclic) bond motifs is 2. The predicted molar refractivity (Wildman–Crippen MR) is 184 cm³/mol. The van der Waals surface area contributed by atoms with E-state index in [1.165, 1.54) is 0 Å². The van der Waals surface area contributed by atoms with Crippen molar-refractivity contribution in [1.29, 1.82) is 0 Å². The van der Waals surface area contributed by atoms with E-state index in [2.05, 4.69) is 12.2 Å². The highest BCUT2D eigenvalue weighted by Gasteiger charge is 2.24. The maximum Gasteiger partial charge on any atom is 0.345 e. The van der Waals surface area contributed by atoms with Crippen LogP contribution in [0.15, 0.2) is 114 Å². The number of methoxy groups -OCH3 is 1. The summed E-state index contributed by atoms with van der Waals surface area (Å²) in [5, 5.41) is 15.8. The van der Waals surface area contributed by atoms with Gasteiger partial charge in [0, 0.05) is 30.3 Å². The molecule has 7 nitrogen and oxygen atoms in total. The number of benzene rings is 5. The number of para-hydroxylation sites is 1. The van der Waals surface area contributed by atoms with Crippen molar-refractivity contribution in [2.75, 3.05) is 7.11 Å². The summed E-state index contributed by atoms with van der Waals surface area (Å²) in [6.07, 6.45) is 1.79. The standard InChI is InChI=1S/C40H37NO6/c1-3-4-13-34-38(32-12-8-9-14-33(32)46-34)39(42)41-25-27-15-21-31-29(23-27)18-22-35(37(31)28-16-19-30(45-2)20-17-28)47-36(40(43)44)24-26-10-6-5-7-11-26/h5-12,14-23,36H,3-4,13,24-25H2,1-2H3,(H,41,42)(H,43,44). The molecule has 1 amide bonds. The molecule has 5 aromatic carbocycles. The molecule has 2 N–H and O–H groups in total. The number of unbranched alkanes of at least 4 members (excludes halogenated alkanes) is 1. The number of amides is 1. The number of nitrogens with one attached hydrogen (secondary N) is 1. The van der Waals surface area contributed by atoms with Crippen LogP contribution in [0.2, 0.25) is 0 Å². The number of furan rings is 1. The number of ether oxygens (including phenoxy) is 2. The topological polar surface area (TPSA) is 98.0 Å². The third-order valence-electron chi connectivity index (χ3n) is 8.34. The van der Waals surface area contributed by atoms with Gasteiger partial charge in [-0.2, -0.15) is 0 Å². The zero-order valence-corrected chi connectivity index (χ0v) is 26.5. The maximum absolute atomic E-state index is 13.5. The van der Waals surface area contributed by atoms with Gasteiger partial charge in [0.25, 0.3) is 5.91 Å². The lowest BCUT2D eigenvalue weighted by molar-refractivity contribution is -0.145. The molecule has 0 fully saturated rings. The van der Waals surface area contributed by atoms with Gasteiger partial charge in [-0.05, 0) is 64.2 Å². The lowest BCUT2D eigenvalue weighted by Gasteiger charge is -2.20. The van der Waals surface area contributed by atoms with Crippen LogP contribution >= 0.6 is 0 Å². The zero-order valence-electron chi connectivity index (χ0n) is 26.5. The molecule has 0 aliphatic heterocycles. The number of hydrogen-bond acceptors (Lipinski definition) is 5. The summed E-state index contributed by atoms with van der Waals surface area (Å²) < 4.78 is 17.7. The maximum atomic E-state index is 13.5. The number of carboxylic acids is 1. The fourth-order valence-corrected chi connectivity index (χ4v) is 5.91. The van der Waals surface area contributed by atoms with Gasteiger partial charge < -0.3 is 24.3 Å². The molecule has 1 aromatic heterocycles.